The van der Waals surface area contributed by atoms with Gasteiger partial charge in [-0.1, -0.05) is 29.3 Å². The van der Waals surface area contributed by atoms with Crippen molar-refractivity contribution in [3.8, 4) is 0 Å². The molecule has 108 valence electrons. The van der Waals surface area contributed by atoms with Crippen molar-refractivity contribution in [3.05, 3.63) is 33.8 Å². The molecule has 1 aromatic carbocycles. The Balaban J connectivity index is 2.14. The highest BCUT2D eigenvalue weighted by atomic mass is 35.5. The van der Waals surface area contributed by atoms with Crippen LogP contribution in [0.15, 0.2) is 18.2 Å². The van der Waals surface area contributed by atoms with E-state index in [0.717, 1.165) is 0 Å². The second kappa shape index (κ2) is 6.43. The summed E-state index contributed by atoms with van der Waals surface area (Å²) >= 11 is 12.0. The molecule has 0 spiro atoms. The highest BCUT2D eigenvalue weighted by Crippen LogP contribution is 2.26. The molecule has 0 aliphatic carbocycles. The van der Waals surface area contributed by atoms with Gasteiger partial charge in [0.1, 0.15) is 0 Å². The maximum Gasteiger partial charge on any atom is 0.306 e. The highest BCUT2D eigenvalue weighted by Gasteiger charge is 2.28. The van der Waals surface area contributed by atoms with E-state index >= 15 is 0 Å². The number of ether oxygens (including phenoxy) is 1. The van der Waals surface area contributed by atoms with Crippen LogP contribution in [0.4, 0.5) is 0 Å². The molecule has 5 nitrogen and oxygen atoms in total. The van der Waals surface area contributed by atoms with Crippen LogP contribution in [0.25, 0.3) is 0 Å². The summed E-state index contributed by atoms with van der Waals surface area (Å²) < 4.78 is 5.32. The zero-order valence-electron chi connectivity index (χ0n) is 10.5. The third-order valence-corrected chi connectivity index (χ3v) is 3.63. The van der Waals surface area contributed by atoms with Crippen LogP contribution in [0.1, 0.15) is 16.8 Å². The van der Waals surface area contributed by atoms with Crippen molar-refractivity contribution in [2.45, 2.75) is 12.5 Å². The number of carbonyl (C=O) groups is 2. The minimum absolute atomic E-state index is 0.139. The average molecular weight is 318 g/mol. The van der Waals surface area contributed by atoms with Crippen LogP contribution < -0.4 is 0 Å². The van der Waals surface area contributed by atoms with Crippen molar-refractivity contribution < 1.29 is 19.4 Å². The number of nitrogens with zero attached hydrogens (tertiary/aromatic N) is 1. The molecule has 0 radical (unpaired) electrons. The van der Waals surface area contributed by atoms with E-state index in [2.05, 4.69) is 0 Å². The van der Waals surface area contributed by atoms with Gasteiger partial charge in [-0.3, -0.25) is 9.59 Å². The number of aliphatic carboxylic acids is 1. The van der Waals surface area contributed by atoms with Crippen molar-refractivity contribution in [1.29, 1.82) is 0 Å². The van der Waals surface area contributed by atoms with Gasteiger partial charge in [0.15, 0.2) is 0 Å². The molecule has 20 heavy (non-hydrogen) atoms. The number of carbonyl (C=O) groups excluding carboxylic acids is 1. The van der Waals surface area contributed by atoms with Gasteiger partial charge in [0.2, 0.25) is 0 Å². The number of benzene rings is 1. The number of amides is 1. The molecule has 1 heterocycles. The van der Waals surface area contributed by atoms with Crippen LogP contribution in [0.5, 0.6) is 0 Å². The first-order valence-corrected chi connectivity index (χ1v) is 6.81. The Bertz CT molecular complexity index is 515. The second-order valence-corrected chi connectivity index (χ2v) is 5.25. The fourth-order valence-corrected chi connectivity index (χ4v) is 2.64. The number of halogens is 2. The summed E-state index contributed by atoms with van der Waals surface area (Å²) in [6, 6.07) is 4.85. The number of carboxylic acid groups (broad SMARTS) is 1. The van der Waals surface area contributed by atoms with E-state index in [1.165, 1.54) is 4.90 Å². The number of carboxylic acids is 1. The summed E-state index contributed by atoms with van der Waals surface area (Å²) in [6.07, 6.45) is -0.647. The molecule has 7 heteroatoms. The zero-order valence-corrected chi connectivity index (χ0v) is 12.0. The number of morpholine rings is 1. The molecule has 1 amide bonds. The van der Waals surface area contributed by atoms with E-state index in [1.54, 1.807) is 18.2 Å². The van der Waals surface area contributed by atoms with Crippen LogP contribution >= 0.6 is 23.2 Å². The topological polar surface area (TPSA) is 66.8 Å². The van der Waals surface area contributed by atoms with E-state index < -0.39 is 12.1 Å². The van der Waals surface area contributed by atoms with E-state index in [-0.39, 0.29) is 34.5 Å². The summed E-state index contributed by atoms with van der Waals surface area (Å²) in [4.78, 5) is 24.6. The Labute approximate surface area is 126 Å². The van der Waals surface area contributed by atoms with Crippen molar-refractivity contribution in [2.24, 2.45) is 0 Å². The summed E-state index contributed by atoms with van der Waals surface area (Å²) in [5, 5.41) is 9.33. The zero-order chi connectivity index (χ0) is 14.7. The largest absolute Gasteiger partial charge is 0.481 e. The Kier molecular flexibility index (Phi) is 4.86. The molecule has 0 saturated carbocycles. The van der Waals surface area contributed by atoms with Gasteiger partial charge in [-0.25, -0.2) is 0 Å². The van der Waals surface area contributed by atoms with Gasteiger partial charge in [-0.05, 0) is 12.1 Å². The molecule has 1 aliphatic heterocycles. The number of hydrogen-bond acceptors (Lipinski definition) is 3. The summed E-state index contributed by atoms with van der Waals surface area (Å²) in [5.41, 5.74) is 0.242. The molecule has 1 N–H and O–H groups in total. The lowest BCUT2D eigenvalue weighted by Gasteiger charge is -2.32. The number of rotatable bonds is 3. The van der Waals surface area contributed by atoms with Crippen LogP contribution in [-0.2, 0) is 9.53 Å². The Morgan fingerprint density at radius 3 is 2.60 bits per heavy atom. The quantitative estimate of drug-likeness (QED) is 0.929. The molecular formula is C13H13Cl2NO4. The van der Waals surface area contributed by atoms with Gasteiger partial charge >= 0.3 is 5.97 Å². The highest BCUT2D eigenvalue weighted by molar-refractivity contribution is 6.39. The fraction of sp³-hybridized carbons (Fsp3) is 0.385. The maximum absolute atomic E-state index is 12.4. The minimum atomic E-state index is -0.958. The first-order valence-electron chi connectivity index (χ1n) is 6.05. The number of hydrogen-bond donors (Lipinski definition) is 1. The van der Waals surface area contributed by atoms with Crippen LogP contribution in [0.3, 0.4) is 0 Å². The molecule has 1 atom stereocenters. The van der Waals surface area contributed by atoms with E-state index in [1.807, 2.05) is 0 Å². The van der Waals surface area contributed by atoms with Crippen molar-refractivity contribution in [2.75, 3.05) is 19.7 Å². The smallest absolute Gasteiger partial charge is 0.306 e. The van der Waals surface area contributed by atoms with Gasteiger partial charge in [0, 0.05) is 13.1 Å². The SMILES string of the molecule is O=C(O)CC1CN(C(=O)c2c(Cl)cccc2Cl)CCO1. The predicted octanol–water partition coefficient (Wildman–Crippen LogP) is 2.31. The van der Waals surface area contributed by atoms with E-state index in [9.17, 15) is 9.59 Å². The first-order chi connectivity index (χ1) is 9.49. The van der Waals surface area contributed by atoms with Gasteiger partial charge in [0.05, 0.1) is 34.7 Å². The third kappa shape index (κ3) is 3.42. The summed E-state index contributed by atoms with van der Waals surface area (Å²) in [5.74, 6) is -1.26. The van der Waals surface area contributed by atoms with Gasteiger partial charge in [0.25, 0.3) is 5.91 Å². The Morgan fingerprint density at radius 1 is 1.35 bits per heavy atom. The molecular weight excluding hydrogens is 305 g/mol. The van der Waals surface area contributed by atoms with Crippen LogP contribution in [0, 0.1) is 0 Å². The standard InChI is InChI=1S/C13H13Cl2NO4/c14-9-2-1-3-10(15)12(9)13(19)16-4-5-20-8(7-16)6-11(17)18/h1-3,8H,4-7H2,(H,17,18). The lowest BCUT2D eigenvalue weighted by Crippen LogP contribution is -2.46. The molecule has 1 fully saturated rings. The fourth-order valence-electron chi connectivity index (χ4n) is 2.08. The minimum Gasteiger partial charge on any atom is -0.481 e. The van der Waals surface area contributed by atoms with Gasteiger partial charge in [-0.15, -0.1) is 0 Å². The molecule has 0 aromatic heterocycles. The molecule has 1 aromatic rings. The molecule has 1 saturated heterocycles. The average Bonchev–Trinajstić information content (AvgIpc) is 2.38. The van der Waals surface area contributed by atoms with E-state index in [4.69, 9.17) is 33.0 Å². The summed E-state index contributed by atoms with van der Waals surface area (Å²) in [6.45, 7) is 0.898. The lowest BCUT2D eigenvalue weighted by atomic mass is 10.1. The normalized spacial score (nSPS) is 18.9. The van der Waals surface area contributed by atoms with Gasteiger partial charge in [-0.2, -0.15) is 0 Å². The van der Waals surface area contributed by atoms with Crippen molar-refractivity contribution in [3.63, 3.8) is 0 Å². The molecule has 1 unspecified atom stereocenters. The van der Waals surface area contributed by atoms with Crippen LogP contribution in [0.2, 0.25) is 10.0 Å². The predicted molar refractivity (Wildman–Crippen MR) is 74.4 cm³/mol. The molecule has 0 bridgehead atoms. The monoisotopic (exact) mass is 317 g/mol. The third-order valence-electron chi connectivity index (χ3n) is 3.00. The lowest BCUT2D eigenvalue weighted by molar-refractivity contribution is -0.141. The van der Waals surface area contributed by atoms with Crippen molar-refractivity contribution in [1.82, 2.24) is 4.90 Å². The summed E-state index contributed by atoms with van der Waals surface area (Å²) in [7, 11) is 0. The molecule has 1 aliphatic rings. The Hall–Kier alpha value is -1.30. The maximum atomic E-state index is 12.4. The van der Waals surface area contributed by atoms with Crippen LogP contribution in [-0.4, -0.2) is 47.7 Å². The molecule has 2 rings (SSSR count). The Morgan fingerprint density at radius 2 is 2.00 bits per heavy atom. The van der Waals surface area contributed by atoms with Gasteiger partial charge < -0.3 is 14.7 Å². The van der Waals surface area contributed by atoms with E-state index in [0.29, 0.717) is 13.2 Å². The van der Waals surface area contributed by atoms with Crippen molar-refractivity contribution >= 4 is 35.1 Å². The first kappa shape index (κ1) is 15.1. The second-order valence-electron chi connectivity index (χ2n) is 4.44.